The molecule has 1 aliphatic carbocycles. The minimum atomic E-state index is -4.40. The standard InChI is InChI=1S/C10H15F3N2O3/c1-9(8(17)18,6-2-3-6)15-7(16)4-14-5-10(11,12)13/h6,14H,2-5H2,1H3,(H,15,16)(H,17,18). The topological polar surface area (TPSA) is 78.4 Å². The molecule has 0 heterocycles. The molecule has 0 saturated heterocycles. The highest BCUT2D eigenvalue weighted by atomic mass is 19.4. The van der Waals surface area contributed by atoms with Crippen LogP contribution in [0.25, 0.3) is 0 Å². The summed E-state index contributed by atoms with van der Waals surface area (Å²) in [6.07, 6.45) is -3.01. The van der Waals surface area contributed by atoms with Gasteiger partial charge in [-0.2, -0.15) is 13.2 Å². The average molecular weight is 268 g/mol. The Hall–Kier alpha value is -1.31. The third-order valence-corrected chi connectivity index (χ3v) is 2.85. The lowest BCUT2D eigenvalue weighted by Crippen LogP contribution is -2.56. The van der Waals surface area contributed by atoms with E-state index in [0.717, 1.165) is 0 Å². The van der Waals surface area contributed by atoms with Crippen molar-refractivity contribution < 1.29 is 27.9 Å². The summed E-state index contributed by atoms with van der Waals surface area (Å²) in [5.74, 6) is -2.08. The molecule has 3 N–H and O–H groups in total. The van der Waals surface area contributed by atoms with E-state index in [4.69, 9.17) is 5.11 Å². The van der Waals surface area contributed by atoms with Crippen LogP contribution in [0, 0.1) is 5.92 Å². The zero-order valence-corrected chi connectivity index (χ0v) is 9.80. The molecule has 1 unspecified atom stereocenters. The third kappa shape index (κ3) is 4.17. The van der Waals surface area contributed by atoms with Gasteiger partial charge in [-0.3, -0.25) is 4.79 Å². The number of halogens is 3. The summed E-state index contributed by atoms with van der Waals surface area (Å²) < 4.78 is 35.5. The lowest BCUT2D eigenvalue weighted by Gasteiger charge is -2.26. The minimum Gasteiger partial charge on any atom is -0.480 e. The van der Waals surface area contributed by atoms with Crippen LogP contribution in [-0.2, 0) is 9.59 Å². The number of hydrogen-bond donors (Lipinski definition) is 3. The smallest absolute Gasteiger partial charge is 0.401 e. The first-order valence-electron chi connectivity index (χ1n) is 5.47. The molecule has 18 heavy (non-hydrogen) atoms. The lowest BCUT2D eigenvalue weighted by atomic mass is 9.96. The van der Waals surface area contributed by atoms with Crippen molar-refractivity contribution in [3.8, 4) is 0 Å². The Balaban J connectivity index is 2.41. The molecule has 104 valence electrons. The molecule has 1 atom stereocenters. The molecule has 0 aromatic rings. The first-order chi connectivity index (χ1) is 8.15. The minimum absolute atomic E-state index is 0.151. The number of nitrogens with one attached hydrogen (secondary N) is 2. The normalized spacial score (nSPS) is 19.1. The number of amides is 1. The Morgan fingerprint density at radius 2 is 1.89 bits per heavy atom. The second-order valence-electron chi connectivity index (χ2n) is 4.55. The highest BCUT2D eigenvalue weighted by molar-refractivity contribution is 5.88. The summed E-state index contributed by atoms with van der Waals surface area (Å²) in [7, 11) is 0. The summed E-state index contributed by atoms with van der Waals surface area (Å²) in [5, 5.41) is 13.2. The van der Waals surface area contributed by atoms with Crippen molar-refractivity contribution in [1.29, 1.82) is 0 Å². The van der Waals surface area contributed by atoms with Crippen LogP contribution in [0.3, 0.4) is 0 Å². The Morgan fingerprint density at radius 1 is 1.33 bits per heavy atom. The van der Waals surface area contributed by atoms with E-state index in [-0.39, 0.29) is 5.92 Å². The Kier molecular flexibility index (Phi) is 4.20. The van der Waals surface area contributed by atoms with E-state index >= 15 is 0 Å². The van der Waals surface area contributed by atoms with Gasteiger partial charge in [0.25, 0.3) is 0 Å². The number of hydrogen-bond acceptors (Lipinski definition) is 3. The lowest BCUT2D eigenvalue weighted by molar-refractivity contribution is -0.148. The van der Waals surface area contributed by atoms with Crippen molar-refractivity contribution in [2.45, 2.75) is 31.5 Å². The van der Waals surface area contributed by atoms with Crippen LogP contribution in [0.1, 0.15) is 19.8 Å². The Labute approximate surface area is 102 Å². The van der Waals surface area contributed by atoms with E-state index in [1.165, 1.54) is 6.92 Å². The van der Waals surface area contributed by atoms with E-state index in [2.05, 4.69) is 5.32 Å². The maximum absolute atomic E-state index is 11.8. The third-order valence-electron chi connectivity index (χ3n) is 2.85. The zero-order valence-electron chi connectivity index (χ0n) is 9.80. The summed E-state index contributed by atoms with van der Waals surface area (Å²) in [4.78, 5) is 22.4. The molecule has 1 saturated carbocycles. The van der Waals surface area contributed by atoms with Gasteiger partial charge < -0.3 is 15.7 Å². The van der Waals surface area contributed by atoms with Crippen LogP contribution >= 0.6 is 0 Å². The first kappa shape index (κ1) is 14.7. The number of carbonyl (C=O) groups is 2. The Bertz CT molecular complexity index is 342. The maximum atomic E-state index is 11.8. The van der Waals surface area contributed by atoms with E-state index in [9.17, 15) is 22.8 Å². The quantitative estimate of drug-likeness (QED) is 0.656. The van der Waals surface area contributed by atoms with Crippen LogP contribution in [0.4, 0.5) is 13.2 Å². The molecule has 0 radical (unpaired) electrons. The van der Waals surface area contributed by atoms with E-state index in [1.807, 2.05) is 5.32 Å². The molecule has 5 nitrogen and oxygen atoms in total. The summed E-state index contributed by atoms with van der Waals surface area (Å²) in [5.41, 5.74) is -1.39. The first-order valence-corrected chi connectivity index (χ1v) is 5.47. The van der Waals surface area contributed by atoms with Crippen LogP contribution < -0.4 is 10.6 Å². The predicted octanol–water partition coefficient (Wildman–Crippen LogP) is 0.508. The van der Waals surface area contributed by atoms with Gasteiger partial charge in [-0.25, -0.2) is 4.79 Å². The van der Waals surface area contributed by atoms with Crippen LogP contribution in [0.5, 0.6) is 0 Å². The van der Waals surface area contributed by atoms with Gasteiger partial charge in [-0.1, -0.05) is 0 Å². The molecule has 0 aromatic carbocycles. The molecule has 8 heteroatoms. The number of carboxylic acids is 1. The number of carbonyl (C=O) groups excluding carboxylic acids is 1. The average Bonchev–Trinajstić information content (AvgIpc) is 2.97. The molecule has 0 aromatic heterocycles. The molecule has 0 spiro atoms. The Morgan fingerprint density at radius 3 is 2.28 bits per heavy atom. The molecule has 1 aliphatic rings. The SMILES string of the molecule is CC(NC(=O)CNCC(F)(F)F)(C(=O)O)C1CC1. The maximum Gasteiger partial charge on any atom is 0.401 e. The number of carboxylic acid groups (broad SMARTS) is 1. The van der Waals surface area contributed by atoms with Crippen LogP contribution in [0.15, 0.2) is 0 Å². The summed E-state index contributed by atoms with van der Waals surface area (Å²) in [6.45, 7) is -0.475. The number of aliphatic carboxylic acids is 1. The number of alkyl halides is 3. The fourth-order valence-corrected chi connectivity index (χ4v) is 1.64. The molecule has 1 fully saturated rings. The van der Waals surface area contributed by atoms with Gasteiger partial charge in [0.05, 0.1) is 13.1 Å². The molecule has 1 amide bonds. The van der Waals surface area contributed by atoms with Gasteiger partial charge in [-0.15, -0.1) is 0 Å². The predicted molar refractivity (Wildman–Crippen MR) is 55.8 cm³/mol. The van der Waals surface area contributed by atoms with Crippen molar-refractivity contribution in [3.63, 3.8) is 0 Å². The molecule has 0 bridgehead atoms. The number of rotatable bonds is 6. The zero-order chi connectivity index (χ0) is 14.0. The monoisotopic (exact) mass is 268 g/mol. The van der Waals surface area contributed by atoms with Crippen LogP contribution in [0.2, 0.25) is 0 Å². The largest absolute Gasteiger partial charge is 0.480 e. The van der Waals surface area contributed by atoms with E-state index < -0.39 is 36.7 Å². The van der Waals surface area contributed by atoms with Crippen molar-refractivity contribution in [2.24, 2.45) is 5.92 Å². The van der Waals surface area contributed by atoms with Gasteiger partial charge in [0.15, 0.2) is 0 Å². The van der Waals surface area contributed by atoms with Crippen molar-refractivity contribution >= 4 is 11.9 Å². The van der Waals surface area contributed by atoms with Gasteiger partial charge in [0.1, 0.15) is 5.54 Å². The fraction of sp³-hybridized carbons (Fsp3) is 0.800. The van der Waals surface area contributed by atoms with Crippen molar-refractivity contribution in [1.82, 2.24) is 10.6 Å². The van der Waals surface area contributed by atoms with Gasteiger partial charge in [0, 0.05) is 0 Å². The van der Waals surface area contributed by atoms with E-state index in [0.29, 0.717) is 12.8 Å². The van der Waals surface area contributed by atoms with E-state index in [1.54, 1.807) is 0 Å². The summed E-state index contributed by atoms with van der Waals surface area (Å²) >= 11 is 0. The summed E-state index contributed by atoms with van der Waals surface area (Å²) in [6, 6.07) is 0. The molecular formula is C10H15F3N2O3. The van der Waals surface area contributed by atoms with Crippen molar-refractivity contribution in [2.75, 3.05) is 13.1 Å². The molecular weight excluding hydrogens is 253 g/mol. The second kappa shape index (κ2) is 5.13. The van der Waals surface area contributed by atoms with Crippen molar-refractivity contribution in [3.05, 3.63) is 0 Å². The van der Waals surface area contributed by atoms with Gasteiger partial charge >= 0.3 is 12.1 Å². The highest BCUT2D eigenvalue weighted by Gasteiger charge is 2.48. The highest BCUT2D eigenvalue weighted by Crippen LogP contribution is 2.39. The van der Waals surface area contributed by atoms with Crippen LogP contribution in [-0.4, -0.2) is 41.8 Å². The molecule has 1 rings (SSSR count). The second-order valence-corrected chi connectivity index (χ2v) is 4.55. The fourth-order valence-electron chi connectivity index (χ4n) is 1.64. The van der Waals surface area contributed by atoms with Gasteiger partial charge in [0.2, 0.25) is 5.91 Å². The molecule has 0 aliphatic heterocycles. The van der Waals surface area contributed by atoms with Gasteiger partial charge in [-0.05, 0) is 25.7 Å².